The van der Waals surface area contributed by atoms with Crippen molar-refractivity contribution in [1.82, 2.24) is 5.32 Å². The van der Waals surface area contributed by atoms with E-state index in [2.05, 4.69) is 17.6 Å². The lowest BCUT2D eigenvalue weighted by molar-refractivity contribution is 0.248. The van der Waals surface area contributed by atoms with Crippen LogP contribution in [-0.2, 0) is 4.79 Å². The first-order chi connectivity index (χ1) is 4.20. The molecule has 0 saturated heterocycles. The molecule has 0 aliphatic carbocycles. The second-order valence-corrected chi connectivity index (χ2v) is 1.34. The number of carbonyl (C=O) groups excluding carboxylic acids is 2. The van der Waals surface area contributed by atoms with Gasteiger partial charge in [-0.05, 0) is 0 Å². The van der Waals surface area contributed by atoms with Gasteiger partial charge in [-0.2, -0.15) is 0 Å². The maximum Gasteiger partial charge on any atom is 0.313 e. The van der Waals surface area contributed by atoms with E-state index in [1.807, 2.05) is 0 Å². The van der Waals surface area contributed by atoms with Gasteiger partial charge in [-0.25, -0.2) is 4.79 Å². The molecule has 0 saturated carbocycles. The first-order valence-corrected chi connectivity index (χ1v) is 2.27. The Hall–Kier alpha value is -1.32. The monoisotopic (exact) mass is 127 g/mol. The first kappa shape index (κ1) is 7.68. The topological polar surface area (TPSA) is 72.2 Å². The molecule has 0 aliphatic heterocycles. The third kappa shape index (κ3) is 3.28. The van der Waals surface area contributed by atoms with Crippen molar-refractivity contribution in [2.45, 2.75) is 6.04 Å². The van der Waals surface area contributed by atoms with E-state index in [0.29, 0.717) is 0 Å². The maximum absolute atomic E-state index is 10.0. The highest BCUT2D eigenvalue weighted by Gasteiger charge is 2.02. The summed E-state index contributed by atoms with van der Waals surface area (Å²) in [6.45, 7) is 3.25. The van der Waals surface area contributed by atoms with Gasteiger partial charge in [0.05, 0.1) is 0 Å². The summed E-state index contributed by atoms with van der Waals surface area (Å²) in [5.74, 6) is 0. The average Bonchev–Trinajstić information content (AvgIpc) is 1.82. The quantitative estimate of drug-likeness (QED) is 0.493. The molecule has 1 unspecified atom stereocenters. The number of nitrogens with two attached hydrogens (primary N) is 1. The van der Waals surface area contributed by atoms with E-state index in [1.165, 1.54) is 12.4 Å². The minimum Gasteiger partial charge on any atom is -0.352 e. The first-order valence-electron chi connectivity index (χ1n) is 2.27. The van der Waals surface area contributed by atoms with E-state index in [4.69, 9.17) is 0 Å². The van der Waals surface area contributed by atoms with E-state index in [9.17, 15) is 9.59 Å². The predicted molar refractivity (Wildman–Crippen MR) is 32.4 cm³/mol. The maximum atomic E-state index is 10.0. The number of hydrogen-bond donors (Lipinski definition) is 2. The third-order valence-corrected chi connectivity index (χ3v) is 0.660. The molecule has 0 aromatic heterocycles. The Bertz CT molecular complexity index is 125. The second-order valence-electron chi connectivity index (χ2n) is 1.34. The summed E-state index contributed by atoms with van der Waals surface area (Å²) in [4.78, 5) is 19.8. The molecular formula is C5H7N2O2. The normalized spacial score (nSPS) is 11.6. The van der Waals surface area contributed by atoms with Gasteiger partial charge in [-0.15, -0.1) is 6.58 Å². The fourth-order valence-electron chi connectivity index (χ4n) is 0.290. The second kappa shape index (κ2) is 3.65. The van der Waals surface area contributed by atoms with E-state index >= 15 is 0 Å². The van der Waals surface area contributed by atoms with Crippen molar-refractivity contribution in [3.63, 3.8) is 0 Å². The number of hydrogen-bond acceptors (Lipinski definition) is 2. The van der Waals surface area contributed by atoms with Gasteiger partial charge in [0.15, 0.2) is 0 Å². The van der Waals surface area contributed by atoms with E-state index in [1.54, 1.807) is 0 Å². The van der Waals surface area contributed by atoms with Crippen LogP contribution >= 0.6 is 0 Å². The van der Waals surface area contributed by atoms with Crippen LogP contribution in [0.5, 0.6) is 0 Å². The Morgan fingerprint density at radius 3 is 2.56 bits per heavy atom. The highest BCUT2D eigenvalue weighted by molar-refractivity contribution is 5.77. The van der Waals surface area contributed by atoms with Gasteiger partial charge < -0.3 is 11.1 Å². The van der Waals surface area contributed by atoms with Crippen molar-refractivity contribution in [2.75, 3.05) is 0 Å². The number of amides is 2. The average molecular weight is 127 g/mol. The lowest BCUT2D eigenvalue weighted by Crippen LogP contribution is -2.38. The van der Waals surface area contributed by atoms with Gasteiger partial charge in [0.25, 0.3) is 0 Å². The van der Waals surface area contributed by atoms with Crippen molar-refractivity contribution in [2.24, 2.45) is 5.73 Å². The summed E-state index contributed by atoms with van der Waals surface area (Å²) in [5.41, 5.74) is 4.67. The minimum absolute atomic E-state index is 0.761. The van der Waals surface area contributed by atoms with Crippen LogP contribution in [0.4, 0.5) is 4.79 Å². The zero-order chi connectivity index (χ0) is 7.28. The number of rotatable bonds is 3. The van der Waals surface area contributed by atoms with Crippen LogP contribution in [0.15, 0.2) is 12.7 Å². The van der Waals surface area contributed by atoms with Crippen LogP contribution < -0.4 is 11.1 Å². The highest BCUT2D eigenvalue weighted by atomic mass is 16.2. The minimum atomic E-state index is -0.789. The molecule has 3 N–H and O–H groups in total. The van der Waals surface area contributed by atoms with Gasteiger partial charge in [-0.1, -0.05) is 6.08 Å². The largest absolute Gasteiger partial charge is 0.352 e. The molecule has 0 heterocycles. The summed E-state index contributed by atoms with van der Waals surface area (Å²) in [6, 6.07) is -1.55. The lowest BCUT2D eigenvalue weighted by Gasteiger charge is -2.01. The zero-order valence-electron chi connectivity index (χ0n) is 4.76. The summed E-state index contributed by atoms with van der Waals surface area (Å²) in [6.07, 6.45) is 2.74. The molecule has 0 bridgehead atoms. The molecule has 4 nitrogen and oxygen atoms in total. The van der Waals surface area contributed by atoms with E-state index in [-0.39, 0.29) is 0 Å². The van der Waals surface area contributed by atoms with Crippen molar-refractivity contribution >= 4 is 12.3 Å². The molecule has 9 heavy (non-hydrogen) atoms. The number of urea groups is 1. The lowest BCUT2D eigenvalue weighted by atomic mass is 10.3. The highest BCUT2D eigenvalue weighted by Crippen LogP contribution is 1.75. The summed E-state index contributed by atoms with van der Waals surface area (Å²) >= 11 is 0. The molecule has 0 aromatic carbocycles. The molecule has 0 aliphatic rings. The fraction of sp³-hybridized carbons (Fsp3) is 0.200. The SMILES string of the molecule is C=CC([C]=O)NC(N)=O. The van der Waals surface area contributed by atoms with Crippen LogP contribution in [0.1, 0.15) is 0 Å². The van der Waals surface area contributed by atoms with Gasteiger partial charge in [0.2, 0.25) is 6.29 Å². The molecule has 49 valence electrons. The summed E-state index contributed by atoms with van der Waals surface area (Å²) < 4.78 is 0. The molecule has 4 heteroatoms. The Labute approximate surface area is 52.7 Å². The Balaban J connectivity index is 3.68. The molecule has 1 atom stereocenters. The van der Waals surface area contributed by atoms with Crippen LogP contribution in [0, 0.1) is 0 Å². The van der Waals surface area contributed by atoms with E-state index in [0.717, 1.165) is 0 Å². The van der Waals surface area contributed by atoms with E-state index < -0.39 is 12.1 Å². The van der Waals surface area contributed by atoms with Crippen LogP contribution in [0.25, 0.3) is 0 Å². The number of carbonyl (C=O) groups is 1. The summed E-state index contributed by atoms with van der Waals surface area (Å²) in [7, 11) is 0. The molecule has 2 amide bonds. The van der Waals surface area contributed by atoms with Crippen molar-refractivity contribution in [3.05, 3.63) is 12.7 Å². The van der Waals surface area contributed by atoms with Crippen molar-refractivity contribution in [3.8, 4) is 0 Å². The standard InChI is InChI=1S/C5H7N2O2/c1-2-4(3-8)7-5(6)9/h2,4H,1H2,(H3,6,7,9). The predicted octanol–water partition coefficient (Wildman–Crippen LogP) is -0.681. The molecule has 0 fully saturated rings. The molecular weight excluding hydrogens is 120 g/mol. The van der Waals surface area contributed by atoms with Gasteiger partial charge in [-0.3, -0.25) is 4.79 Å². The van der Waals surface area contributed by atoms with Crippen LogP contribution in [0.3, 0.4) is 0 Å². The summed E-state index contributed by atoms with van der Waals surface area (Å²) in [5, 5.41) is 2.08. The number of nitrogens with one attached hydrogen (secondary N) is 1. The molecule has 1 radical (unpaired) electrons. The Kier molecular flexibility index (Phi) is 3.12. The molecule has 0 aromatic rings. The van der Waals surface area contributed by atoms with Crippen LogP contribution in [0.2, 0.25) is 0 Å². The van der Waals surface area contributed by atoms with Crippen LogP contribution in [-0.4, -0.2) is 18.4 Å². The van der Waals surface area contributed by atoms with Gasteiger partial charge >= 0.3 is 6.03 Å². The van der Waals surface area contributed by atoms with Crippen molar-refractivity contribution < 1.29 is 9.59 Å². The third-order valence-electron chi connectivity index (χ3n) is 0.660. The zero-order valence-corrected chi connectivity index (χ0v) is 4.76. The Morgan fingerprint density at radius 1 is 1.89 bits per heavy atom. The Morgan fingerprint density at radius 2 is 2.44 bits per heavy atom. The fourth-order valence-corrected chi connectivity index (χ4v) is 0.290. The van der Waals surface area contributed by atoms with Gasteiger partial charge in [0.1, 0.15) is 6.04 Å². The molecule has 0 rings (SSSR count). The smallest absolute Gasteiger partial charge is 0.313 e. The van der Waals surface area contributed by atoms with Crippen molar-refractivity contribution in [1.29, 1.82) is 0 Å². The van der Waals surface area contributed by atoms with Gasteiger partial charge in [0, 0.05) is 0 Å². The number of primary amides is 1. The molecule has 0 spiro atoms.